The van der Waals surface area contributed by atoms with Crippen molar-refractivity contribution in [2.24, 2.45) is 0 Å². The molecule has 4 aromatic rings. The van der Waals surface area contributed by atoms with Crippen LogP contribution in [-0.4, -0.2) is 83.4 Å². The van der Waals surface area contributed by atoms with Crippen molar-refractivity contribution in [2.45, 2.75) is 32.9 Å². The number of piperazine rings is 1. The van der Waals surface area contributed by atoms with Gasteiger partial charge in [0.15, 0.2) is 22.4 Å². The molecule has 1 saturated heterocycles. The predicted octanol–water partition coefficient (Wildman–Crippen LogP) is 1.63. The van der Waals surface area contributed by atoms with Gasteiger partial charge in [0.25, 0.3) is 0 Å². The summed E-state index contributed by atoms with van der Waals surface area (Å²) in [6.07, 6.45) is 1.72. The van der Waals surface area contributed by atoms with Crippen molar-refractivity contribution in [2.75, 3.05) is 43.4 Å². The number of fused-ring (bicyclic) bond motifs is 3. The highest BCUT2D eigenvalue weighted by Gasteiger charge is 2.30. The van der Waals surface area contributed by atoms with Gasteiger partial charge < -0.3 is 25.0 Å². The van der Waals surface area contributed by atoms with Crippen LogP contribution in [0.2, 0.25) is 0 Å². The number of carboxylic acids is 1. The van der Waals surface area contributed by atoms with E-state index in [0.29, 0.717) is 48.0 Å². The van der Waals surface area contributed by atoms with Crippen LogP contribution in [-0.2, 0) is 11.3 Å². The zero-order valence-electron chi connectivity index (χ0n) is 21.3. The van der Waals surface area contributed by atoms with Crippen LogP contribution >= 0.6 is 0 Å². The van der Waals surface area contributed by atoms with E-state index >= 15 is 0 Å². The first-order valence-electron chi connectivity index (χ1n) is 12.2. The third-order valence-electron chi connectivity index (χ3n) is 6.48. The first kappa shape index (κ1) is 25.2. The van der Waals surface area contributed by atoms with Gasteiger partial charge in [-0.05, 0) is 38.8 Å². The molecule has 3 aromatic heterocycles. The minimum Gasteiger partial charge on any atom is -0.478 e. The number of nitrogens with zero attached hydrogens (tertiary/aromatic N) is 8. The number of nitrogen functional groups attached to an aromatic ring is 1. The van der Waals surface area contributed by atoms with Crippen LogP contribution < -0.4 is 15.4 Å². The molecule has 198 valence electrons. The molecule has 12 nitrogen and oxygen atoms in total. The molecule has 1 aliphatic heterocycles. The molecule has 0 saturated carbocycles. The number of anilines is 2. The summed E-state index contributed by atoms with van der Waals surface area (Å²) in [4.78, 5) is 29.0. The first-order valence-corrected chi connectivity index (χ1v) is 12.2. The van der Waals surface area contributed by atoms with Crippen LogP contribution in [0.1, 0.15) is 26.6 Å². The minimum atomic E-state index is -1.45. The normalized spacial score (nSPS) is 14.6. The third kappa shape index (κ3) is 4.78. The predicted molar refractivity (Wildman–Crippen MR) is 138 cm³/mol. The van der Waals surface area contributed by atoms with Gasteiger partial charge in [0.05, 0.1) is 12.0 Å². The number of hydrogen-bond donors (Lipinski definition) is 2. The van der Waals surface area contributed by atoms with Gasteiger partial charge in [0.2, 0.25) is 11.8 Å². The molecule has 38 heavy (non-hydrogen) atoms. The van der Waals surface area contributed by atoms with Crippen molar-refractivity contribution < 1.29 is 19.0 Å². The number of aromatic nitrogens is 6. The molecular formula is C25H28FN9O3. The summed E-state index contributed by atoms with van der Waals surface area (Å²) in [5, 5.41) is 13.5. The van der Waals surface area contributed by atoms with Crippen LogP contribution in [0, 0.1) is 17.7 Å². The van der Waals surface area contributed by atoms with Gasteiger partial charge in [0.1, 0.15) is 11.6 Å². The molecule has 0 spiro atoms. The van der Waals surface area contributed by atoms with Gasteiger partial charge in [-0.2, -0.15) is 14.5 Å². The minimum absolute atomic E-state index is 0.178. The largest absolute Gasteiger partial charge is 0.478 e. The highest BCUT2D eigenvalue weighted by Crippen LogP contribution is 2.27. The molecule has 0 amide bonds. The molecule has 0 radical (unpaired) electrons. The molecule has 0 unspecified atom stereocenters. The monoisotopic (exact) mass is 521 g/mol. The first-order chi connectivity index (χ1) is 18.2. The van der Waals surface area contributed by atoms with E-state index in [-0.39, 0.29) is 11.7 Å². The average molecular weight is 522 g/mol. The number of aliphatic carboxylic acids is 1. The molecule has 1 fully saturated rings. The molecule has 0 bridgehead atoms. The summed E-state index contributed by atoms with van der Waals surface area (Å²) in [6, 6.07) is 4.47. The lowest BCUT2D eigenvalue weighted by atomic mass is 10.1. The van der Waals surface area contributed by atoms with Crippen LogP contribution in [0.15, 0.2) is 24.5 Å². The van der Waals surface area contributed by atoms with Crippen molar-refractivity contribution in [3.8, 4) is 17.6 Å². The smallest absolute Gasteiger partial charge is 0.347 e. The molecule has 1 aliphatic rings. The Hall–Kier alpha value is -4.44. The van der Waals surface area contributed by atoms with Crippen LogP contribution in [0.25, 0.3) is 16.8 Å². The lowest BCUT2D eigenvalue weighted by Gasteiger charge is -2.36. The molecule has 0 aliphatic carbocycles. The number of benzene rings is 1. The van der Waals surface area contributed by atoms with E-state index < -0.39 is 17.4 Å². The van der Waals surface area contributed by atoms with E-state index in [1.165, 1.54) is 24.4 Å². The second-order valence-electron chi connectivity index (χ2n) is 9.49. The van der Waals surface area contributed by atoms with Gasteiger partial charge in [-0.3, -0.25) is 4.90 Å². The van der Waals surface area contributed by atoms with Gasteiger partial charge >= 0.3 is 5.97 Å². The maximum absolute atomic E-state index is 14.8. The summed E-state index contributed by atoms with van der Waals surface area (Å²) in [7, 11) is 0. The van der Waals surface area contributed by atoms with Gasteiger partial charge in [0, 0.05) is 45.3 Å². The quantitative estimate of drug-likeness (QED) is 0.345. The Labute approximate surface area is 217 Å². The average Bonchev–Trinajstić information content (AvgIpc) is 3.48. The van der Waals surface area contributed by atoms with Crippen molar-refractivity contribution in [1.29, 1.82) is 0 Å². The van der Waals surface area contributed by atoms with E-state index in [2.05, 4.69) is 36.8 Å². The van der Waals surface area contributed by atoms with E-state index in [1.807, 2.05) is 9.47 Å². The topological polar surface area (TPSA) is 140 Å². The number of carboxylic acid groups (broad SMARTS) is 1. The SMILES string of the molecule is CC#Cc1nc2c3ncn(CCN4CCN(c5ccc(OC(C)(C)C(=O)O)cc5F)CC4)c3nc(N)n2n1. The zero-order chi connectivity index (χ0) is 27.0. The molecule has 13 heteroatoms. The molecule has 1 aromatic carbocycles. The fourth-order valence-electron chi connectivity index (χ4n) is 4.37. The lowest BCUT2D eigenvalue weighted by molar-refractivity contribution is -0.152. The number of imidazole rings is 1. The third-order valence-corrected chi connectivity index (χ3v) is 6.48. The van der Waals surface area contributed by atoms with Crippen molar-refractivity contribution >= 4 is 34.4 Å². The fourth-order valence-corrected chi connectivity index (χ4v) is 4.37. The Morgan fingerprint density at radius 1 is 1.18 bits per heavy atom. The number of ether oxygens (including phenoxy) is 1. The molecule has 4 heterocycles. The standard InChI is InChI=1S/C25H28FN9O3/c1-4-5-19-29-22-20-21(30-24(27)35(22)31-19)34(15-28-20)13-10-32-8-11-33(12-9-32)18-7-6-16(14-17(18)26)38-25(2,3)23(36)37/h6-7,14-15H,8-13H2,1-3H3,(H2,27,30)(H,36,37). The van der Waals surface area contributed by atoms with Crippen molar-refractivity contribution in [3.05, 3.63) is 36.2 Å². The molecular weight excluding hydrogens is 493 g/mol. The van der Waals surface area contributed by atoms with Crippen molar-refractivity contribution in [3.63, 3.8) is 0 Å². The van der Waals surface area contributed by atoms with Crippen LogP contribution in [0.5, 0.6) is 5.75 Å². The number of halogens is 1. The summed E-state index contributed by atoms with van der Waals surface area (Å²) in [6.45, 7) is 8.75. The molecule has 3 N–H and O–H groups in total. The fraction of sp³-hybridized carbons (Fsp3) is 0.400. The highest BCUT2D eigenvalue weighted by molar-refractivity contribution is 5.86. The Kier molecular flexibility index (Phi) is 6.50. The summed E-state index contributed by atoms with van der Waals surface area (Å²) < 4.78 is 23.7. The van der Waals surface area contributed by atoms with E-state index in [4.69, 9.17) is 10.5 Å². The van der Waals surface area contributed by atoms with Crippen LogP contribution in [0.4, 0.5) is 16.0 Å². The Bertz CT molecular complexity index is 1580. The number of carbonyl (C=O) groups is 1. The van der Waals surface area contributed by atoms with E-state index in [0.717, 1.165) is 19.6 Å². The maximum atomic E-state index is 14.8. The molecule has 0 atom stereocenters. The number of rotatable bonds is 7. The van der Waals surface area contributed by atoms with Gasteiger partial charge in [-0.1, -0.05) is 5.92 Å². The van der Waals surface area contributed by atoms with E-state index in [1.54, 1.807) is 25.4 Å². The lowest BCUT2D eigenvalue weighted by Crippen LogP contribution is -2.47. The molecule has 5 rings (SSSR count). The number of hydrogen-bond acceptors (Lipinski definition) is 9. The summed E-state index contributed by atoms with van der Waals surface area (Å²) in [5.41, 5.74) is 6.89. The Morgan fingerprint density at radius 2 is 1.95 bits per heavy atom. The maximum Gasteiger partial charge on any atom is 0.347 e. The zero-order valence-corrected chi connectivity index (χ0v) is 21.3. The second kappa shape index (κ2) is 9.79. The Morgan fingerprint density at radius 3 is 2.63 bits per heavy atom. The Balaban J connectivity index is 1.22. The van der Waals surface area contributed by atoms with Crippen LogP contribution in [0.3, 0.4) is 0 Å². The second-order valence-corrected chi connectivity index (χ2v) is 9.49. The summed E-state index contributed by atoms with van der Waals surface area (Å²) in [5.74, 6) is 4.79. The van der Waals surface area contributed by atoms with Crippen molar-refractivity contribution in [1.82, 2.24) is 34.0 Å². The number of nitrogens with two attached hydrogens (primary N) is 1. The van der Waals surface area contributed by atoms with E-state index in [9.17, 15) is 14.3 Å². The highest BCUT2D eigenvalue weighted by atomic mass is 19.1. The van der Waals surface area contributed by atoms with Gasteiger partial charge in [-0.25, -0.2) is 14.2 Å². The van der Waals surface area contributed by atoms with Gasteiger partial charge in [-0.15, -0.1) is 5.10 Å². The summed E-state index contributed by atoms with van der Waals surface area (Å²) >= 11 is 0.